The van der Waals surface area contributed by atoms with E-state index in [0.717, 1.165) is 25.9 Å². The van der Waals surface area contributed by atoms with Crippen molar-refractivity contribution in [3.63, 3.8) is 0 Å². The highest BCUT2D eigenvalue weighted by Crippen LogP contribution is 2.22. The molecule has 0 radical (unpaired) electrons. The molecule has 2 rings (SSSR count). The fourth-order valence-corrected chi connectivity index (χ4v) is 2.85. The predicted molar refractivity (Wildman–Crippen MR) is 92.5 cm³/mol. The first-order valence-corrected chi connectivity index (χ1v) is 8.49. The molecule has 1 aliphatic heterocycles. The van der Waals surface area contributed by atoms with E-state index in [-0.39, 0.29) is 17.2 Å². The molecular formula is C19H28N2O2. The van der Waals surface area contributed by atoms with Crippen molar-refractivity contribution in [2.24, 2.45) is 0 Å². The average Bonchev–Trinajstić information content (AvgIpc) is 2.54. The van der Waals surface area contributed by atoms with Gasteiger partial charge in [0.25, 0.3) is 5.91 Å². The van der Waals surface area contributed by atoms with Crippen LogP contribution in [0.15, 0.2) is 24.3 Å². The molecule has 1 aliphatic rings. The van der Waals surface area contributed by atoms with Crippen LogP contribution in [-0.2, 0) is 10.2 Å². The Kier molecular flexibility index (Phi) is 5.45. The zero-order chi connectivity index (χ0) is 17.0. The summed E-state index contributed by atoms with van der Waals surface area (Å²) in [6, 6.07) is 7.13. The van der Waals surface area contributed by atoms with Crippen molar-refractivity contribution in [3.05, 3.63) is 35.4 Å². The second-order valence-corrected chi connectivity index (χ2v) is 7.41. The fraction of sp³-hybridized carbons (Fsp3) is 0.579. The maximum absolute atomic E-state index is 12.4. The first kappa shape index (κ1) is 17.5. The number of carbonyl (C=O) groups excluding carboxylic acids is 2. The topological polar surface area (TPSA) is 49.4 Å². The summed E-state index contributed by atoms with van der Waals surface area (Å²) in [5, 5.41) is 2.82. The van der Waals surface area contributed by atoms with E-state index < -0.39 is 6.04 Å². The van der Waals surface area contributed by atoms with Gasteiger partial charge in [0.2, 0.25) is 5.91 Å². The molecule has 1 atom stereocenters. The quantitative estimate of drug-likeness (QED) is 0.931. The van der Waals surface area contributed by atoms with Gasteiger partial charge in [-0.3, -0.25) is 9.59 Å². The van der Waals surface area contributed by atoms with E-state index in [0.29, 0.717) is 5.56 Å². The second-order valence-electron chi connectivity index (χ2n) is 7.41. The number of hydrogen-bond acceptors (Lipinski definition) is 2. The molecule has 126 valence electrons. The molecule has 4 heteroatoms. The lowest BCUT2D eigenvalue weighted by atomic mass is 9.86. The molecule has 1 aromatic rings. The molecule has 1 fully saturated rings. The molecule has 0 bridgehead atoms. The van der Waals surface area contributed by atoms with Gasteiger partial charge in [-0.25, -0.2) is 0 Å². The molecule has 0 spiro atoms. The third-order valence-corrected chi connectivity index (χ3v) is 4.40. The van der Waals surface area contributed by atoms with E-state index >= 15 is 0 Å². The molecule has 1 N–H and O–H groups in total. The predicted octanol–water partition coefficient (Wildman–Crippen LogP) is 3.11. The number of rotatable bonds is 3. The van der Waals surface area contributed by atoms with Crippen LogP contribution in [0.3, 0.4) is 0 Å². The molecule has 0 aliphatic carbocycles. The van der Waals surface area contributed by atoms with Crippen molar-refractivity contribution < 1.29 is 9.59 Å². The molecule has 1 unspecified atom stereocenters. The van der Waals surface area contributed by atoms with Crippen molar-refractivity contribution >= 4 is 11.8 Å². The Labute approximate surface area is 139 Å². The normalized spacial score (nSPS) is 16.8. The summed E-state index contributed by atoms with van der Waals surface area (Å²) >= 11 is 0. The van der Waals surface area contributed by atoms with E-state index in [9.17, 15) is 9.59 Å². The van der Waals surface area contributed by atoms with Gasteiger partial charge in [0.1, 0.15) is 6.04 Å². The molecule has 0 saturated carbocycles. The zero-order valence-corrected chi connectivity index (χ0v) is 14.7. The molecular weight excluding hydrogens is 288 g/mol. The minimum atomic E-state index is -0.483. The van der Waals surface area contributed by atoms with Crippen LogP contribution in [0.25, 0.3) is 0 Å². The van der Waals surface area contributed by atoms with Gasteiger partial charge in [-0.1, -0.05) is 32.9 Å². The van der Waals surface area contributed by atoms with Gasteiger partial charge in [0.15, 0.2) is 0 Å². The summed E-state index contributed by atoms with van der Waals surface area (Å²) in [7, 11) is 0. The van der Waals surface area contributed by atoms with Crippen LogP contribution in [0.4, 0.5) is 0 Å². The fourth-order valence-electron chi connectivity index (χ4n) is 2.85. The van der Waals surface area contributed by atoms with E-state index in [2.05, 4.69) is 26.1 Å². The number of nitrogens with zero attached hydrogens (tertiary/aromatic N) is 1. The number of nitrogens with one attached hydrogen (secondary N) is 1. The van der Waals surface area contributed by atoms with Gasteiger partial charge >= 0.3 is 0 Å². The number of piperidine rings is 1. The zero-order valence-electron chi connectivity index (χ0n) is 14.7. The van der Waals surface area contributed by atoms with Gasteiger partial charge in [0, 0.05) is 18.7 Å². The van der Waals surface area contributed by atoms with Crippen molar-refractivity contribution in [2.45, 2.75) is 58.4 Å². The number of amides is 2. The molecule has 4 nitrogen and oxygen atoms in total. The molecule has 0 aromatic heterocycles. The highest BCUT2D eigenvalue weighted by atomic mass is 16.2. The molecule has 23 heavy (non-hydrogen) atoms. The third-order valence-electron chi connectivity index (χ3n) is 4.40. The van der Waals surface area contributed by atoms with E-state index in [1.807, 2.05) is 29.2 Å². The highest BCUT2D eigenvalue weighted by molar-refractivity contribution is 5.97. The molecule has 1 heterocycles. The van der Waals surface area contributed by atoms with Gasteiger partial charge in [-0.2, -0.15) is 0 Å². The minimum Gasteiger partial charge on any atom is -0.341 e. The Morgan fingerprint density at radius 1 is 1.04 bits per heavy atom. The van der Waals surface area contributed by atoms with Crippen LogP contribution < -0.4 is 5.32 Å². The Hall–Kier alpha value is -1.84. The van der Waals surface area contributed by atoms with Gasteiger partial charge < -0.3 is 10.2 Å². The smallest absolute Gasteiger partial charge is 0.251 e. The summed E-state index contributed by atoms with van der Waals surface area (Å²) < 4.78 is 0. The first-order chi connectivity index (χ1) is 10.8. The van der Waals surface area contributed by atoms with E-state index in [1.54, 1.807) is 6.92 Å². The standard InChI is InChI=1S/C19H28N2O2/c1-14(18(23)21-12-6-5-7-13-21)20-17(22)15-8-10-16(11-9-15)19(2,3)4/h8-11,14H,5-7,12-13H2,1-4H3,(H,20,22). The molecule has 1 aromatic carbocycles. The maximum Gasteiger partial charge on any atom is 0.251 e. The van der Waals surface area contributed by atoms with Crippen molar-refractivity contribution in [2.75, 3.05) is 13.1 Å². The third kappa shape index (κ3) is 4.57. The number of benzene rings is 1. The highest BCUT2D eigenvalue weighted by Gasteiger charge is 2.23. The van der Waals surface area contributed by atoms with Crippen molar-refractivity contribution in [1.82, 2.24) is 10.2 Å². The van der Waals surface area contributed by atoms with Crippen LogP contribution in [0, 0.1) is 0 Å². The Bertz CT molecular complexity index is 552. The van der Waals surface area contributed by atoms with E-state index in [4.69, 9.17) is 0 Å². The van der Waals surface area contributed by atoms with Crippen LogP contribution in [0.1, 0.15) is 62.9 Å². The Balaban J connectivity index is 1.96. The number of carbonyl (C=O) groups is 2. The lowest BCUT2D eigenvalue weighted by Crippen LogP contribution is -2.48. The SMILES string of the molecule is CC(NC(=O)c1ccc(C(C)(C)C)cc1)C(=O)N1CCCCC1. The number of likely N-dealkylation sites (tertiary alicyclic amines) is 1. The Morgan fingerprint density at radius 2 is 1.61 bits per heavy atom. The lowest BCUT2D eigenvalue weighted by molar-refractivity contribution is -0.133. The van der Waals surface area contributed by atoms with Crippen molar-refractivity contribution in [3.8, 4) is 0 Å². The molecule has 1 saturated heterocycles. The summed E-state index contributed by atoms with van der Waals surface area (Å²) in [4.78, 5) is 26.5. The lowest BCUT2D eigenvalue weighted by Gasteiger charge is -2.29. The van der Waals surface area contributed by atoms with Crippen LogP contribution in [-0.4, -0.2) is 35.8 Å². The van der Waals surface area contributed by atoms with E-state index in [1.165, 1.54) is 12.0 Å². The van der Waals surface area contributed by atoms with Gasteiger partial charge in [-0.05, 0) is 49.3 Å². The average molecular weight is 316 g/mol. The second kappa shape index (κ2) is 7.16. The van der Waals surface area contributed by atoms with Crippen molar-refractivity contribution in [1.29, 1.82) is 0 Å². The maximum atomic E-state index is 12.4. The van der Waals surface area contributed by atoms with Crippen LogP contribution in [0.2, 0.25) is 0 Å². The largest absolute Gasteiger partial charge is 0.341 e. The summed E-state index contributed by atoms with van der Waals surface area (Å²) in [6.45, 7) is 9.79. The van der Waals surface area contributed by atoms with Gasteiger partial charge in [-0.15, -0.1) is 0 Å². The minimum absolute atomic E-state index is 0.0179. The first-order valence-electron chi connectivity index (χ1n) is 8.49. The summed E-state index contributed by atoms with van der Waals surface area (Å²) in [5.74, 6) is -0.173. The Morgan fingerprint density at radius 3 is 2.13 bits per heavy atom. The molecule has 2 amide bonds. The monoisotopic (exact) mass is 316 g/mol. The number of hydrogen-bond donors (Lipinski definition) is 1. The van der Waals surface area contributed by atoms with Crippen LogP contribution in [0.5, 0.6) is 0 Å². The summed E-state index contributed by atoms with van der Waals surface area (Å²) in [5.41, 5.74) is 1.84. The van der Waals surface area contributed by atoms with Gasteiger partial charge in [0.05, 0.1) is 0 Å². The van der Waals surface area contributed by atoms with Crippen LogP contribution >= 0.6 is 0 Å². The summed E-state index contributed by atoms with van der Waals surface area (Å²) in [6.07, 6.45) is 3.30.